The lowest BCUT2D eigenvalue weighted by Gasteiger charge is -2.44. The Morgan fingerprint density at radius 1 is 1.16 bits per heavy atom. The summed E-state index contributed by atoms with van der Waals surface area (Å²) in [7, 11) is 0. The van der Waals surface area contributed by atoms with Crippen molar-refractivity contribution in [3.63, 3.8) is 0 Å². The second-order valence-corrected chi connectivity index (χ2v) is 7.10. The molecule has 3 saturated heterocycles. The van der Waals surface area contributed by atoms with Crippen LogP contribution in [0.2, 0.25) is 5.02 Å². The van der Waals surface area contributed by atoms with Crippen molar-refractivity contribution in [3.05, 3.63) is 53.2 Å². The van der Waals surface area contributed by atoms with E-state index >= 15 is 0 Å². The average molecular weight is 358 g/mol. The Bertz CT molecular complexity index is 740. The van der Waals surface area contributed by atoms with Gasteiger partial charge >= 0.3 is 0 Å². The molecule has 0 saturated carbocycles. The van der Waals surface area contributed by atoms with Gasteiger partial charge in [0.15, 0.2) is 0 Å². The third-order valence-electron chi connectivity index (χ3n) is 5.01. The molecule has 1 N–H and O–H groups in total. The number of piperidine rings is 3. The number of carbonyl (C=O) groups is 1. The molecule has 2 bridgehead atoms. The van der Waals surface area contributed by atoms with Crippen LogP contribution in [0.4, 0.5) is 0 Å². The zero-order chi connectivity index (χ0) is 17.2. The molecule has 3 aliphatic rings. The van der Waals surface area contributed by atoms with Gasteiger partial charge in [-0.3, -0.25) is 4.79 Å². The van der Waals surface area contributed by atoms with Gasteiger partial charge in [-0.05, 0) is 62.2 Å². The van der Waals surface area contributed by atoms with Gasteiger partial charge in [0.1, 0.15) is 5.75 Å². The maximum atomic E-state index is 12.5. The predicted octanol–water partition coefficient (Wildman–Crippen LogP) is 3.35. The number of carbonyl (C=O) groups excluding carboxylic acids is 1. The molecule has 0 aliphatic carbocycles. The number of halogens is 1. The first kappa shape index (κ1) is 16.4. The molecule has 0 spiro atoms. The van der Waals surface area contributed by atoms with Crippen LogP contribution in [0.3, 0.4) is 0 Å². The number of hydrogen-bond acceptors (Lipinski definition) is 4. The second-order valence-electron chi connectivity index (χ2n) is 6.66. The molecule has 0 unspecified atom stereocenters. The van der Waals surface area contributed by atoms with E-state index in [0.717, 1.165) is 6.54 Å². The molecular weight excluding hydrogens is 338 g/mol. The first-order valence-electron chi connectivity index (χ1n) is 8.60. The van der Waals surface area contributed by atoms with E-state index in [1.807, 2.05) is 0 Å². The highest BCUT2D eigenvalue weighted by molar-refractivity contribution is 6.30. The van der Waals surface area contributed by atoms with Gasteiger partial charge in [-0.15, -0.1) is 0 Å². The number of rotatable bonds is 4. The Labute approximate surface area is 152 Å². The molecule has 6 heteroatoms. The Balaban J connectivity index is 1.38. The van der Waals surface area contributed by atoms with Crippen molar-refractivity contribution in [3.8, 4) is 11.6 Å². The normalized spacial score (nSPS) is 24.8. The largest absolute Gasteiger partial charge is 0.439 e. The van der Waals surface area contributed by atoms with Gasteiger partial charge in [0.2, 0.25) is 5.88 Å². The van der Waals surface area contributed by atoms with E-state index in [9.17, 15) is 4.79 Å². The number of fused-ring (bicyclic) bond motifs is 3. The lowest BCUT2D eigenvalue weighted by molar-refractivity contribution is 0.0620. The Hall–Kier alpha value is -2.11. The summed E-state index contributed by atoms with van der Waals surface area (Å²) in [6, 6.07) is 10.8. The van der Waals surface area contributed by atoms with Crippen LogP contribution in [-0.4, -0.2) is 41.5 Å². The molecule has 1 atom stereocenters. The number of nitrogens with zero attached hydrogens (tertiary/aromatic N) is 2. The van der Waals surface area contributed by atoms with Crippen molar-refractivity contribution in [1.29, 1.82) is 0 Å². The summed E-state index contributed by atoms with van der Waals surface area (Å²) < 4.78 is 5.65. The molecule has 25 heavy (non-hydrogen) atoms. The zero-order valence-corrected chi connectivity index (χ0v) is 14.6. The van der Waals surface area contributed by atoms with Crippen molar-refractivity contribution in [2.45, 2.75) is 18.9 Å². The SMILES string of the molecule is O=C(N[C@H]1CN2CCC1CC2)c1ccc(Oc2ccc(Cl)cn2)cc1. The fraction of sp³-hybridized carbons (Fsp3) is 0.368. The van der Waals surface area contributed by atoms with Gasteiger partial charge in [0.25, 0.3) is 5.91 Å². The van der Waals surface area contributed by atoms with E-state index in [-0.39, 0.29) is 11.9 Å². The average Bonchev–Trinajstić information content (AvgIpc) is 2.65. The lowest BCUT2D eigenvalue weighted by atomic mass is 9.84. The minimum atomic E-state index is -0.0186. The van der Waals surface area contributed by atoms with Crippen LogP contribution < -0.4 is 10.1 Å². The molecule has 2 aromatic rings. The predicted molar refractivity (Wildman–Crippen MR) is 96.2 cm³/mol. The van der Waals surface area contributed by atoms with Gasteiger partial charge in [0.05, 0.1) is 5.02 Å². The summed E-state index contributed by atoms with van der Waals surface area (Å²) >= 11 is 5.81. The fourth-order valence-electron chi connectivity index (χ4n) is 3.60. The van der Waals surface area contributed by atoms with Crippen molar-refractivity contribution in [2.75, 3.05) is 19.6 Å². The summed E-state index contributed by atoms with van der Waals surface area (Å²) in [4.78, 5) is 19.0. The van der Waals surface area contributed by atoms with E-state index in [1.165, 1.54) is 32.1 Å². The van der Waals surface area contributed by atoms with Gasteiger partial charge in [-0.25, -0.2) is 4.98 Å². The van der Waals surface area contributed by atoms with Crippen LogP contribution in [-0.2, 0) is 0 Å². The molecule has 3 fully saturated rings. The fourth-order valence-corrected chi connectivity index (χ4v) is 3.71. The van der Waals surface area contributed by atoms with Crippen molar-refractivity contribution in [1.82, 2.24) is 15.2 Å². The van der Waals surface area contributed by atoms with Gasteiger partial charge < -0.3 is 15.0 Å². The van der Waals surface area contributed by atoms with E-state index in [0.29, 0.717) is 28.1 Å². The van der Waals surface area contributed by atoms with Crippen LogP contribution in [0.1, 0.15) is 23.2 Å². The summed E-state index contributed by atoms with van der Waals surface area (Å²) in [6.07, 6.45) is 3.91. The van der Waals surface area contributed by atoms with Crippen molar-refractivity contribution < 1.29 is 9.53 Å². The monoisotopic (exact) mass is 357 g/mol. The molecule has 1 aromatic carbocycles. The molecule has 5 nitrogen and oxygen atoms in total. The Kier molecular flexibility index (Phi) is 4.59. The van der Waals surface area contributed by atoms with Crippen LogP contribution in [0.15, 0.2) is 42.6 Å². The number of nitrogens with one attached hydrogen (secondary N) is 1. The molecule has 3 aliphatic heterocycles. The highest BCUT2D eigenvalue weighted by Gasteiger charge is 2.34. The van der Waals surface area contributed by atoms with Crippen molar-refractivity contribution in [2.24, 2.45) is 5.92 Å². The molecule has 0 radical (unpaired) electrons. The van der Waals surface area contributed by atoms with E-state index in [4.69, 9.17) is 16.3 Å². The maximum absolute atomic E-state index is 12.5. The van der Waals surface area contributed by atoms with Gasteiger partial charge in [0, 0.05) is 30.4 Å². The summed E-state index contributed by atoms with van der Waals surface area (Å²) in [5.41, 5.74) is 0.646. The summed E-state index contributed by atoms with van der Waals surface area (Å²) in [5.74, 6) is 1.70. The van der Waals surface area contributed by atoms with Crippen LogP contribution >= 0.6 is 11.6 Å². The first-order chi connectivity index (χ1) is 12.2. The molecule has 4 heterocycles. The maximum Gasteiger partial charge on any atom is 0.251 e. The van der Waals surface area contributed by atoms with Gasteiger partial charge in [-0.1, -0.05) is 11.6 Å². The molecule has 5 rings (SSSR count). The van der Waals surface area contributed by atoms with Crippen LogP contribution in [0.5, 0.6) is 11.6 Å². The van der Waals surface area contributed by atoms with Crippen LogP contribution in [0.25, 0.3) is 0 Å². The standard InChI is InChI=1S/C19H20ClN3O2/c20-15-3-6-18(21-11-15)25-16-4-1-14(2-5-16)19(24)22-17-12-23-9-7-13(17)8-10-23/h1-6,11,13,17H,7-10,12H2,(H,22,24)/t17-/m0/s1. The number of benzene rings is 1. The highest BCUT2D eigenvalue weighted by Crippen LogP contribution is 2.28. The van der Waals surface area contributed by atoms with Gasteiger partial charge in [-0.2, -0.15) is 0 Å². The number of ether oxygens (including phenoxy) is 1. The third-order valence-corrected chi connectivity index (χ3v) is 5.24. The smallest absolute Gasteiger partial charge is 0.251 e. The molecule has 130 valence electrons. The Morgan fingerprint density at radius 3 is 2.52 bits per heavy atom. The quantitative estimate of drug-likeness (QED) is 0.911. The summed E-state index contributed by atoms with van der Waals surface area (Å²) in [6.45, 7) is 3.31. The lowest BCUT2D eigenvalue weighted by Crippen LogP contribution is -2.57. The number of amides is 1. The summed E-state index contributed by atoms with van der Waals surface area (Å²) in [5, 5.41) is 3.76. The number of aromatic nitrogens is 1. The van der Waals surface area contributed by atoms with E-state index < -0.39 is 0 Å². The number of hydrogen-bond donors (Lipinski definition) is 1. The zero-order valence-electron chi connectivity index (χ0n) is 13.8. The third kappa shape index (κ3) is 3.78. The number of pyridine rings is 1. The topological polar surface area (TPSA) is 54.5 Å². The second kappa shape index (κ2) is 7.02. The molecule has 1 aromatic heterocycles. The highest BCUT2D eigenvalue weighted by atomic mass is 35.5. The Morgan fingerprint density at radius 2 is 1.92 bits per heavy atom. The van der Waals surface area contributed by atoms with E-state index in [1.54, 1.807) is 36.4 Å². The molecule has 1 amide bonds. The first-order valence-corrected chi connectivity index (χ1v) is 8.98. The minimum Gasteiger partial charge on any atom is -0.439 e. The molecular formula is C19H20ClN3O2. The van der Waals surface area contributed by atoms with E-state index in [2.05, 4.69) is 15.2 Å². The van der Waals surface area contributed by atoms with Crippen molar-refractivity contribution >= 4 is 17.5 Å². The van der Waals surface area contributed by atoms with Crippen LogP contribution in [0, 0.1) is 5.92 Å². The minimum absolute atomic E-state index is 0.0186.